The van der Waals surface area contributed by atoms with Crippen molar-refractivity contribution in [2.45, 2.75) is 111 Å². The lowest BCUT2D eigenvalue weighted by atomic mass is 9.59. The lowest BCUT2D eigenvalue weighted by Gasteiger charge is -2.50. The third kappa shape index (κ3) is 6.41. The Kier molecular flexibility index (Phi) is 8.92. The zero-order valence-corrected chi connectivity index (χ0v) is 18.9. The molecule has 3 fully saturated rings. The van der Waals surface area contributed by atoms with Crippen LogP contribution < -0.4 is 0 Å². The fourth-order valence-electron chi connectivity index (χ4n) is 6.01. The quantitative estimate of drug-likeness (QED) is 0.444. The summed E-state index contributed by atoms with van der Waals surface area (Å²) in [5.74, 6) is -2.76. The van der Waals surface area contributed by atoms with E-state index in [4.69, 9.17) is 9.47 Å². The molecule has 31 heavy (non-hydrogen) atoms. The zero-order valence-electron chi connectivity index (χ0n) is 18.9. The highest BCUT2D eigenvalue weighted by Gasteiger charge is 2.53. The number of ether oxygens (including phenoxy) is 2. The summed E-state index contributed by atoms with van der Waals surface area (Å²) >= 11 is 0. The maximum Gasteiger partial charge on any atom is 0.308 e. The van der Waals surface area contributed by atoms with Crippen LogP contribution in [-0.2, 0) is 19.1 Å². The molecule has 0 amide bonds. The summed E-state index contributed by atoms with van der Waals surface area (Å²) in [7, 11) is 0. The number of alkyl halides is 2. The van der Waals surface area contributed by atoms with Crippen LogP contribution in [-0.4, -0.2) is 30.1 Å². The molecule has 0 bridgehead atoms. The summed E-state index contributed by atoms with van der Waals surface area (Å²) < 4.78 is 40.3. The van der Waals surface area contributed by atoms with Crippen molar-refractivity contribution in [3.8, 4) is 0 Å². The van der Waals surface area contributed by atoms with Crippen LogP contribution in [0.4, 0.5) is 8.78 Å². The number of hydrogen-bond donors (Lipinski definition) is 0. The zero-order chi connectivity index (χ0) is 22.1. The number of rotatable bonds is 6. The van der Waals surface area contributed by atoms with Gasteiger partial charge in [0, 0.05) is 25.2 Å². The van der Waals surface area contributed by atoms with Crippen molar-refractivity contribution < 1.29 is 27.8 Å². The van der Waals surface area contributed by atoms with E-state index in [9.17, 15) is 18.4 Å². The molecule has 4 nitrogen and oxygen atoms in total. The van der Waals surface area contributed by atoms with Gasteiger partial charge in [-0.1, -0.05) is 41.5 Å². The van der Waals surface area contributed by atoms with Crippen LogP contribution in [0, 0.1) is 35.5 Å². The lowest BCUT2D eigenvalue weighted by Crippen LogP contribution is -2.51. The highest BCUT2D eigenvalue weighted by atomic mass is 19.3. The summed E-state index contributed by atoms with van der Waals surface area (Å²) in [6, 6.07) is 0. The maximum atomic E-state index is 14.5. The summed E-state index contributed by atoms with van der Waals surface area (Å²) in [6.45, 7) is 7.96. The third-order valence-electron chi connectivity index (χ3n) is 7.84. The van der Waals surface area contributed by atoms with Gasteiger partial charge in [0.1, 0.15) is 12.2 Å². The fraction of sp³-hybridized carbons (Fsp3) is 0.920. The van der Waals surface area contributed by atoms with Crippen molar-refractivity contribution in [1.29, 1.82) is 0 Å². The second-order valence-corrected chi connectivity index (χ2v) is 10.3. The van der Waals surface area contributed by atoms with E-state index in [2.05, 4.69) is 13.8 Å². The Hall–Kier alpha value is -1.20. The number of esters is 2. The first-order valence-corrected chi connectivity index (χ1v) is 11.9. The monoisotopic (exact) mass is 444 g/mol. The van der Waals surface area contributed by atoms with Crippen LogP contribution >= 0.6 is 0 Å². The molecule has 0 unspecified atom stereocenters. The number of hydrogen-bond acceptors (Lipinski definition) is 4. The molecule has 180 valence electrons. The van der Waals surface area contributed by atoms with Crippen LogP contribution in [0.15, 0.2) is 0 Å². The Morgan fingerprint density at radius 1 is 1.23 bits per heavy atom. The van der Waals surface area contributed by atoms with Gasteiger partial charge in [0.15, 0.2) is 0 Å². The van der Waals surface area contributed by atoms with Gasteiger partial charge in [-0.25, -0.2) is 8.78 Å². The number of carbonyl (C=O) groups excluding carboxylic acids is 2. The van der Waals surface area contributed by atoms with Gasteiger partial charge in [0.05, 0.1) is 5.92 Å². The van der Waals surface area contributed by atoms with Gasteiger partial charge in [-0.3, -0.25) is 9.59 Å². The van der Waals surface area contributed by atoms with Crippen molar-refractivity contribution in [1.82, 2.24) is 0 Å². The van der Waals surface area contributed by atoms with E-state index in [1.54, 1.807) is 6.92 Å². The van der Waals surface area contributed by atoms with E-state index in [1.807, 2.05) is 6.92 Å². The first kappa shape index (κ1) is 26.1. The standard InChI is InChI=1S/C24H38F2O4.CH4/c1-5-15(3)23(28)30-20-13-24(25,26)12-17-7-6-16(4)19(22(17)20)9-8-18-10-14(2)11-21(27)29-18;/h14-20,22H,5-13H2,1-4H3;1H4/t14-,15-,16+,17+,18-,19+,20+,22+;/m1./s1. The second kappa shape index (κ2) is 10.6. The Morgan fingerprint density at radius 2 is 1.94 bits per heavy atom. The SMILES string of the molecule is C.CC[C@@H](C)C(=O)O[C@H]1CC(F)(F)C[C@@H]2CC[C@H](C)[C@H](CC[C@@H]3C[C@@H](C)CC(=O)O3)[C@H]21. The van der Waals surface area contributed by atoms with Gasteiger partial charge >= 0.3 is 11.9 Å². The molecule has 3 rings (SSSR count). The predicted molar refractivity (Wildman–Crippen MR) is 117 cm³/mol. The van der Waals surface area contributed by atoms with E-state index < -0.39 is 12.0 Å². The van der Waals surface area contributed by atoms with Crippen LogP contribution in [0.2, 0.25) is 0 Å². The second-order valence-electron chi connectivity index (χ2n) is 10.3. The highest BCUT2D eigenvalue weighted by Crippen LogP contribution is 2.53. The molecule has 2 saturated carbocycles. The van der Waals surface area contributed by atoms with Crippen molar-refractivity contribution in [2.75, 3.05) is 0 Å². The molecule has 6 heteroatoms. The number of carbonyl (C=O) groups is 2. The third-order valence-corrected chi connectivity index (χ3v) is 7.84. The van der Waals surface area contributed by atoms with Gasteiger partial charge < -0.3 is 9.47 Å². The maximum absolute atomic E-state index is 14.5. The molecule has 0 aromatic heterocycles. The van der Waals surface area contributed by atoms with Gasteiger partial charge in [-0.05, 0) is 55.8 Å². The predicted octanol–water partition coefficient (Wildman–Crippen LogP) is 6.41. The Labute approximate surface area is 186 Å². The Morgan fingerprint density at radius 3 is 2.58 bits per heavy atom. The normalized spacial score (nSPS) is 38.3. The van der Waals surface area contributed by atoms with Gasteiger partial charge in [-0.15, -0.1) is 0 Å². The first-order valence-electron chi connectivity index (χ1n) is 11.9. The van der Waals surface area contributed by atoms with Crippen LogP contribution in [0.5, 0.6) is 0 Å². The largest absolute Gasteiger partial charge is 0.462 e. The van der Waals surface area contributed by atoms with Gasteiger partial charge in [-0.2, -0.15) is 0 Å². The lowest BCUT2D eigenvalue weighted by molar-refractivity contribution is -0.188. The summed E-state index contributed by atoms with van der Waals surface area (Å²) in [5, 5.41) is 0. The Balaban J connectivity index is 0.00000341. The summed E-state index contributed by atoms with van der Waals surface area (Å²) in [5.41, 5.74) is 0. The first-order chi connectivity index (χ1) is 14.1. The molecule has 0 radical (unpaired) electrons. The van der Waals surface area contributed by atoms with Crippen molar-refractivity contribution >= 4 is 11.9 Å². The number of halogens is 2. The van der Waals surface area contributed by atoms with Crippen LogP contribution in [0.3, 0.4) is 0 Å². The molecule has 1 heterocycles. The highest BCUT2D eigenvalue weighted by molar-refractivity contribution is 5.72. The minimum atomic E-state index is -2.78. The molecule has 0 N–H and O–H groups in total. The topological polar surface area (TPSA) is 52.6 Å². The minimum absolute atomic E-state index is 0. The average molecular weight is 445 g/mol. The van der Waals surface area contributed by atoms with Gasteiger partial charge in [0.2, 0.25) is 0 Å². The number of fused-ring (bicyclic) bond motifs is 1. The smallest absolute Gasteiger partial charge is 0.308 e. The summed E-state index contributed by atoms with van der Waals surface area (Å²) in [6.07, 6.45) is 3.99. The molecule has 3 aliphatic rings. The van der Waals surface area contributed by atoms with E-state index in [0.717, 1.165) is 32.1 Å². The molecule has 0 spiro atoms. The fourth-order valence-corrected chi connectivity index (χ4v) is 6.01. The molecule has 2 aliphatic carbocycles. The molecular weight excluding hydrogens is 402 g/mol. The average Bonchev–Trinajstić information content (AvgIpc) is 2.65. The van der Waals surface area contributed by atoms with E-state index in [-0.39, 0.29) is 62.0 Å². The molecule has 1 aliphatic heterocycles. The molecular formula is C25H42F2O4. The molecule has 0 aromatic rings. The Bertz CT molecular complexity index is 623. The summed E-state index contributed by atoms with van der Waals surface area (Å²) in [4.78, 5) is 24.3. The molecule has 0 aromatic carbocycles. The van der Waals surface area contributed by atoms with Gasteiger partial charge in [0.25, 0.3) is 5.92 Å². The minimum Gasteiger partial charge on any atom is -0.462 e. The van der Waals surface area contributed by atoms with Crippen LogP contribution in [0.1, 0.15) is 92.9 Å². The van der Waals surface area contributed by atoms with Crippen molar-refractivity contribution in [3.63, 3.8) is 0 Å². The van der Waals surface area contributed by atoms with E-state index in [1.165, 1.54) is 0 Å². The molecule has 1 saturated heterocycles. The van der Waals surface area contributed by atoms with E-state index >= 15 is 0 Å². The van der Waals surface area contributed by atoms with E-state index in [0.29, 0.717) is 24.7 Å². The number of cyclic esters (lactones) is 1. The van der Waals surface area contributed by atoms with Crippen LogP contribution in [0.25, 0.3) is 0 Å². The van der Waals surface area contributed by atoms with Crippen molar-refractivity contribution in [2.24, 2.45) is 35.5 Å². The molecule has 8 atom stereocenters. The van der Waals surface area contributed by atoms with Crippen molar-refractivity contribution in [3.05, 3.63) is 0 Å².